The first-order chi connectivity index (χ1) is 11.0. The quantitative estimate of drug-likeness (QED) is 0.773. The molecule has 9 heteroatoms. The topological polar surface area (TPSA) is 58.8 Å². The summed E-state index contributed by atoms with van der Waals surface area (Å²) in [6, 6.07) is 4.71. The van der Waals surface area contributed by atoms with Crippen LogP contribution in [0.15, 0.2) is 18.2 Å². The van der Waals surface area contributed by atoms with E-state index >= 15 is 0 Å². The third kappa shape index (κ3) is 6.89. The van der Waals surface area contributed by atoms with Crippen LogP contribution in [0.25, 0.3) is 0 Å². The van der Waals surface area contributed by atoms with E-state index in [0.717, 1.165) is 0 Å². The predicted octanol–water partition coefficient (Wildman–Crippen LogP) is 2.33. The highest BCUT2D eigenvalue weighted by molar-refractivity contribution is 6.31. The molecule has 1 unspecified atom stereocenters. The van der Waals surface area contributed by atoms with Gasteiger partial charge in [0, 0.05) is 57.0 Å². The van der Waals surface area contributed by atoms with E-state index in [1.165, 1.54) is 6.07 Å². The molecule has 0 saturated carbocycles. The number of benzene rings is 1. The molecule has 1 saturated heterocycles. The van der Waals surface area contributed by atoms with Crippen molar-refractivity contribution in [1.82, 2.24) is 9.80 Å². The number of halogens is 4. The smallest absolute Gasteiger partial charge is 0.225 e. The Balaban J connectivity index is 0.00000288. The SMILES string of the molecule is COC(CN)CC(=O)N1CCN(Cc2c(F)cccc2Cl)CC1.Cl.Cl. The third-order valence-electron chi connectivity index (χ3n) is 4.17. The Bertz CT molecular complexity index is 519. The summed E-state index contributed by atoms with van der Waals surface area (Å²) in [4.78, 5) is 16.1. The molecule has 1 heterocycles. The van der Waals surface area contributed by atoms with Crippen LogP contribution in [0.5, 0.6) is 0 Å². The number of hydrogen-bond donors (Lipinski definition) is 1. The summed E-state index contributed by atoms with van der Waals surface area (Å²) >= 11 is 6.06. The van der Waals surface area contributed by atoms with Gasteiger partial charge in [0.05, 0.1) is 12.5 Å². The number of nitrogens with zero attached hydrogens (tertiary/aromatic N) is 2. The second kappa shape index (κ2) is 11.9. The highest BCUT2D eigenvalue weighted by Gasteiger charge is 2.24. The van der Waals surface area contributed by atoms with Crippen LogP contribution < -0.4 is 5.73 Å². The van der Waals surface area contributed by atoms with Crippen molar-refractivity contribution in [3.63, 3.8) is 0 Å². The van der Waals surface area contributed by atoms with Crippen molar-refractivity contribution in [3.8, 4) is 0 Å². The number of rotatable bonds is 6. The number of methoxy groups -OCH3 is 1. The Labute approximate surface area is 165 Å². The summed E-state index contributed by atoms with van der Waals surface area (Å²) in [6.45, 7) is 3.40. The number of piperazine rings is 1. The molecular weight excluding hydrogens is 392 g/mol. The van der Waals surface area contributed by atoms with Crippen molar-refractivity contribution < 1.29 is 13.9 Å². The van der Waals surface area contributed by atoms with Crippen molar-refractivity contribution >= 4 is 42.3 Å². The van der Waals surface area contributed by atoms with E-state index in [1.54, 1.807) is 24.1 Å². The highest BCUT2D eigenvalue weighted by atomic mass is 35.5. The Morgan fingerprint density at radius 2 is 1.96 bits per heavy atom. The van der Waals surface area contributed by atoms with Crippen molar-refractivity contribution in [1.29, 1.82) is 0 Å². The number of amides is 1. The van der Waals surface area contributed by atoms with Crippen LogP contribution in [0, 0.1) is 5.82 Å². The van der Waals surface area contributed by atoms with Crippen molar-refractivity contribution in [2.45, 2.75) is 19.1 Å². The minimum absolute atomic E-state index is 0. The molecule has 0 bridgehead atoms. The largest absolute Gasteiger partial charge is 0.380 e. The minimum atomic E-state index is -0.290. The lowest BCUT2D eigenvalue weighted by Gasteiger charge is -2.35. The molecule has 1 aliphatic heterocycles. The van der Waals surface area contributed by atoms with Gasteiger partial charge in [-0.15, -0.1) is 24.8 Å². The molecular formula is C16H25Cl3FN3O2. The minimum Gasteiger partial charge on any atom is -0.380 e. The fraction of sp³-hybridized carbons (Fsp3) is 0.562. The zero-order valence-corrected chi connectivity index (χ0v) is 16.5. The second-order valence-electron chi connectivity index (χ2n) is 5.65. The van der Waals surface area contributed by atoms with Gasteiger partial charge in [-0.2, -0.15) is 0 Å². The lowest BCUT2D eigenvalue weighted by atomic mass is 10.1. The Morgan fingerprint density at radius 1 is 1.32 bits per heavy atom. The molecule has 2 N–H and O–H groups in total. The maximum atomic E-state index is 13.8. The van der Waals surface area contributed by atoms with Crippen molar-refractivity contribution in [3.05, 3.63) is 34.6 Å². The van der Waals surface area contributed by atoms with Crippen molar-refractivity contribution in [2.24, 2.45) is 5.73 Å². The molecule has 1 amide bonds. The van der Waals surface area contributed by atoms with Gasteiger partial charge in [-0.25, -0.2) is 4.39 Å². The number of nitrogens with two attached hydrogens (primary N) is 1. The number of carbonyl (C=O) groups is 1. The fourth-order valence-electron chi connectivity index (χ4n) is 2.65. The van der Waals surface area contributed by atoms with Gasteiger partial charge in [0.2, 0.25) is 5.91 Å². The van der Waals surface area contributed by atoms with Crippen LogP contribution in [0.3, 0.4) is 0 Å². The van der Waals surface area contributed by atoms with Gasteiger partial charge in [-0.1, -0.05) is 17.7 Å². The molecule has 1 aromatic rings. The molecule has 2 rings (SSSR count). The Kier molecular flexibility index (Phi) is 11.6. The van der Waals surface area contributed by atoms with Gasteiger partial charge in [0.15, 0.2) is 0 Å². The molecule has 5 nitrogen and oxygen atoms in total. The van der Waals surface area contributed by atoms with Crippen LogP contribution in [-0.2, 0) is 16.1 Å². The van der Waals surface area contributed by atoms with Gasteiger partial charge in [-0.05, 0) is 12.1 Å². The van der Waals surface area contributed by atoms with Crippen molar-refractivity contribution in [2.75, 3.05) is 39.8 Å². The van der Waals surface area contributed by atoms with E-state index in [1.807, 2.05) is 0 Å². The maximum Gasteiger partial charge on any atom is 0.225 e. The first-order valence-corrected chi connectivity index (χ1v) is 8.08. The highest BCUT2D eigenvalue weighted by Crippen LogP contribution is 2.21. The van der Waals surface area contributed by atoms with E-state index in [9.17, 15) is 9.18 Å². The summed E-state index contributed by atoms with van der Waals surface area (Å²) in [6.07, 6.45) is 0.0596. The zero-order chi connectivity index (χ0) is 16.8. The summed E-state index contributed by atoms with van der Waals surface area (Å²) < 4.78 is 19.0. The normalized spacial score (nSPS) is 15.9. The van der Waals surface area contributed by atoms with Crippen LogP contribution in [0.2, 0.25) is 5.02 Å². The zero-order valence-electron chi connectivity index (χ0n) is 14.1. The molecule has 25 heavy (non-hydrogen) atoms. The first-order valence-electron chi connectivity index (χ1n) is 7.71. The number of hydrogen-bond acceptors (Lipinski definition) is 4. The molecule has 0 radical (unpaired) electrons. The predicted molar refractivity (Wildman–Crippen MR) is 102 cm³/mol. The molecule has 1 aromatic carbocycles. The van der Waals surface area contributed by atoms with Crippen LogP contribution in [0.4, 0.5) is 4.39 Å². The molecule has 1 aliphatic rings. The molecule has 1 fully saturated rings. The molecule has 144 valence electrons. The maximum absolute atomic E-state index is 13.8. The van der Waals surface area contributed by atoms with Gasteiger partial charge >= 0.3 is 0 Å². The molecule has 0 spiro atoms. The standard InChI is InChI=1S/C16H23ClFN3O2.2ClH/c1-23-12(10-19)9-16(22)21-7-5-20(6-8-21)11-13-14(17)3-2-4-15(13)18;;/h2-4,12H,5-11,19H2,1H3;2*1H. The van der Waals surface area contributed by atoms with Gasteiger partial charge in [-0.3, -0.25) is 9.69 Å². The first kappa shape index (κ1) is 24.4. The van der Waals surface area contributed by atoms with E-state index in [-0.39, 0.29) is 42.6 Å². The van der Waals surface area contributed by atoms with Crippen LogP contribution in [-0.4, -0.2) is 61.6 Å². The Hall–Kier alpha value is -0.630. The van der Waals surface area contributed by atoms with Crippen LogP contribution in [0.1, 0.15) is 12.0 Å². The number of ether oxygens (including phenoxy) is 1. The van der Waals surface area contributed by atoms with E-state index in [0.29, 0.717) is 56.3 Å². The van der Waals surface area contributed by atoms with E-state index in [4.69, 9.17) is 22.1 Å². The van der Waals surface area contributed by atoms with Gasteiger partial charge < -0.3 is 15.4 Å². The van der Waals surface area contributed by atoms with Gasteiger partial charge in [0.1, 0.15) is 5.82 Å². The van der Waals surface area contributed by atoms with E-state index in [2.05, 4.69) is 4.90 Å². The summed E-state index contributed by atoms with van der Waals surface area (Å²) in [5.41, 5.74) is 6.06. The lowest BCUT2D eigenvalue weighted by Crippen LogP contribution is -2.49. The molecule has 0 aromatic heterocycles. The number of carbonyl (C=O) groups excluding carboxylic acids is 1. The summed E-state index contributed by atoms with van der Waals surface area (Å²) in [5, 5.41) is 0.439. The monoisotopic (exact) mass is 415 g/mol. The average molecular weight is 417 g/mol. The summed E-state index contributed by atoms with van der Waals surface area (Å²) in [5.74, 6) is -0.243. The summed E-state index contributed by atoms with van der Waals surface area (Å²) in [7, 11) is 1.56. The average Bonchev–Trinajstić information content (AvgIpc) is 2.56. The molecule has 0 aliphatic carbocycles. The van der Waals surface area contributed by atoms with E-state index < -0.39 is 0 Å². The lowest BCUT2D eigenvalue weighted by molar-refractivity contribution is -0.135. The van der Waals surface area contributed by atoms with Gasteiger partial charge in [0.25, 0.3) is 0 Å². The third-order valence-corrected chi connectivity index (χ3v) is 4.52. The molecule has 1 atom stereocenters. The fourth-order valence-corrected chi connectivity index (χ4v) is 2.87. The Morgan fingerprint density at radius 3 is 2.48 bits per heavy atom. The van der Waals surface area contributed by atoms with Crippen LogP contribution >= 0.6 is 36.4 Å². The second-order valence-corrected chi connectivity index (χ2v) is 6.06.